The third-order valence-electron chi connectivity index (χ3n) is 2.36. The lowest BCUT2D eigenvalue weighted by Gasteiger charge is -2.05. The molecule has 0 unspecified atom stereocenters. The van der Waals surface area contributed by atoms with Crippen LogP contribution in [0.1, 0.15) is 23.0 Å². The van der Waals surface area contributed by atoms with Gasteiger partial charge in [-0.3, -0.25) is 0 Å². The second kappa shape index (κ2) is 5.27. The van der Waals surface area contributed by atoms with Gasteiger partial charge in [-0.05, 0) is 24.6 Å². The summed E-state index contributed by atoms with van der Waals surface area (Å²) in [6.45, 7) is 1.98. The van der Waals surface area contributed by atoms with Gasteiger partial charge in [-0.15, -0.1) is 0 Å². The minimum Gasteiger partial charge on any atom is -0.478 e. The first-order chi connectivity index (χ1) is 8.69. The Morgan fingerprint density at radius 3 is 2.89 bits per heavy atom. The molecule has 18 heavy (non-hydrogen) atoms. The van der Waals surface area contributed by atoms with Crippen LogP contribution >= 0.6 is 0 Å². The van der Waals surface area contributed by atoms with Crippen LogP contribution in [0.4, 0.5) is 0 Å². The van der Waals surface area contributed by atoms with E-state index in [0.717, 1.165) is 12.1 Å². The van der Waals surface area contributed by atoms with E-state index >= 15 is 0 Å². The standard InChI is InChI=1S/C13H12N2O3/c1-2-10-7-12(15-8-14-10)18-11-5-3-4-9(6-11)13(16)17/h3-8H,2H2,1H3,(H,16,17). The fourth-order valence-electron chi connectivity index (χ4n) is 1.44. The quantitative estimate of drug-likeness (QED) is 0.894. The number of nitrogens with zero attached hydrogens (tertiary/aromatic N) is 2. The molecule has 1 N–H and O–H groups in total. The molecule has 0 radical (unpaired) electrons. The van der Waals surface area contributed by atoms with Crippen molar-refractivity contribution in [2.24, 2.45) is 0 Å². The van der Waals surface area contributed by atoms with Crippen molar-refractivity contribution in [3.63, 3.8) is 0 Å². The largest absolute Gasteiger partial charge is 0.478 e. The summed E-state index contributed by atoms with van der Waals surface area (Å²) in [7, 11) is 0. The van der Waals surface area contributed by atoms with Crippen LogP contribution < -0.4 is 4.74 Å². The molecule has 0 amide bonds. The summed E-state index contributed by atoms with van der Waals surface area (Å²) in [5, 5.41) is 8.88. The van der Waals surface area contributed by atoms with E-state index in [4.69, 9.17) is 9.84 Å². The number of carboxylic acids is 1. The average Bonchev–Trinajstić information content (AvgIpc) is 2.39. The van der Waals surface area contributed by atoms with E-state index in [0.29, 0.717) is 11.6 Å². The van der Waals surface area contributed by atoms with Crippen LogP contribution in [-0.4, -0.2) is 21.0 Å². The van der Waals surface area contributed by atoms with Gasteiger partial charge in [0.15, 0.2) is 0 Å². The van der Waals surface area contributed by atoms with E-state index in [1.165, 1.54) is 18.5 Å². The number of benzene rings is 1. The highest BCUT2D eigenvalue weighted by molar-refractivity contribution is 5.88. The molecule has 0 aliphatic carbocycles. The van der Waals surface area contributed by atoms with Gasteiger partial charge in [-0.1, -0.05) is 13.0 Å². The molecule has 0 bridgehead atoms. The van der Waals surface area contributed by atoms with Gasteiger partial charge >= 0.3 is 5.97 Å². The van der Waals surface area contributed by atoms with E-state index < -0.39 is 5.97 Å². The van der Waals surface area contributed by atoms with Crippen LogP contribution in [0.25, 0.3) is 0 Å². The Morgan fingerprint density at radius 2 is 2.17 bits per heavy atom. The Labute approximate surface area is 104 Å². The molecule has 92 valence electrons. The maximum Gasteiger partial charge on any atom is 0.335 e. The lowest BCUT2D eigenvalue weighted by Crippen LogP contribution is -1.97. The summed E-state index contributed by atoms with van der Waals surface area (Å²) in [6, 6.07) is 8.00. The van der Waals surface area contributed by atoms with Crippen molar-refractivity contribution in [1.82, 2.24) is 9.97 Å². The lowest BCUT2D eigenvalue weighted by molar-refractivity contribution is 0.0696. The first-order valence-electron chi connectivity index (χ1n) is 5.51. The summed E-state index contributed by atoms with van der Waals surface area (Å²) < 4.78 is 5.50. The molecule has 0 aliphatic rings. The fourth-order valence-corrected chi connectivity index (χ4v) is 1.44. The van der Waals surface area contributed by atoms with Crippen LogP contribution in [0, 0.1) is 0 Å². The van der Waals surface area contributed by atoms with Crippen molar-refractivity contribution in [2.45, 2.75) is 13.3 Å². The third kappa shape index (κ3) is 2.82. The van der Waals surface area contributed by atoms with Gasteiger partial charge in [0.05, 0.1) is 5.56 Å². The van der Waals surface area contributed by atoms with Gasteiger partial charge in [0.2, 0.25) is 5.88 Å². The van der Waals surface area contributed by atoms with Crippen LogP contribution in [0.5, 0.6) is 11.6 Å². The Hall–Kier alpha value is -2.43. The van der Waals surface area contributed by atoms with E-state index in [1.807, 2.05) is 6.92 Å². The predicted molar refractivity (Wildman–Crippen MR) is 64.9 cm³/mol. The van der Waals surface area contributed by atoms with E-state index in [1.54, 1.807) is 18.2 Å². The maximum atomic E-state index is 10.8. The number of hydrogen-bond acceptors (Lipinski definition) is 4. The maximum absolute atomic E-state index is 10.8. The number of hydrogen-bond donors (Lipinski definition) is 1. The second-order valence-electron chi connectivity index (χ2n) is 3.64. The molecule has 0 saturated carbocycles. The molecular formula is C13H12N2O3. The van der Waals surface area contributed by atoms with Crippen LogP contribution in [0.3, 0.4) is 0 Å². The Kier molecular flexibility index (Phi) is 3.52. The number of carboxylic acid groups (broad SMARTS) is 1. The van der Waals surface area contributed by atoms with Gasteiger partial charge in [0, 0.05) is 11.8 Å². The molecule has 2 rings (SSSR count). The van der Waals surface area contributed by atoms with Crippen molar-refractivity contribution >= 4 is 5.97 Å². The summed E-state index contributed by atoms with van der Waals surface area (Å²) in [4.78, 5) is 18.9. The predicted octanol–water partition coefficient (Wildman–Crippen LogP) is 2.53. The molecule has 0 aliphatic heterocycles. The molecule has 0 atom stereocenters. The summed E-state index contributed by atoms with van der Waals surface area (Å²) in [5.74, 6) is -0.141. The van der Waals surface area contributed by atoms with Crippen molar-refractivity contribution < 1.29 is 14.6 Å². The number of carbonyl (C=O) groups is 1. The molecule has 0 saturated heterocycles. The van der Waals surface area contributed by atoms with Crippen molar-refractivity contribution in [1.29, 1.82) is 0 Å². The van der Waals surface area contributed by atoms with Gasteiger partial charge in [0.1, 0.15) is 12.1 Å². The summed E-state index contributed by atoms with van der Waals surface area (Å²) >= 11 is 0. The molecule has 0 spiro atoms. The molecule has 2 aromatic rings. The van der Waals surface area contributed by atoms with Crippen molar-refractivity contribution in [3.05, 3.63) is 47.9 Å². The van der Waals surface area contributed by atoms with E-state index in [2.05, 4.69) is 9.97 Å². The Balaban J connectivity index is 2.22. The van der Waals surface area contributed by atoms with Crippen LogP contribution in [0.2, 0.25) is 0 Å². The lowest BCUT2D eigenvalue weighted by atomic mass is 10.2. The highest BCUT2D eigenvalue weighted by Crippen LogP contribution is 2.20. The van der Waals surface area contributed by atoms with Crippen molar-refractivity contribution in [3.8, 4) is 11.6 Å². The molecular weight excluding hydrogens is 232 g/mol. The molecule has 1 heterocycles. The molecule has 1 aromatic heterocycles. The second-order valence-corrected chi connectivity index (χ2v) is 3.64. The smallest absolute Gasteiger partial charge is 0.335 e. The molecule has 5 nitrogen and oxygen atoms in total. The number of aromatic nitrogens is 2. The van der Waals surface area contributed by atoms with Crippen molar-refractivity contribution in [2.75, 3.05) is 0 Å². The minimum atomic E-state index is -0.989. The minimum absolute atomic E-state index is 0.178. The third-order valence-corrected chi connectivity index (χ3v) is 2.36. The fraction of sp³-hybridized carbons (Fsp3) is 0.154. The Bertz CT molecular complexity index is 570. The Morgan fingerprint density at radius 1 is 1.33 bits per heavy atom. The number of ether oxygens (including phenoxy) is 1. The summed E-state index contributed by atoms with van der Waals surface area (Å²) in [6.07, 6.45) is 2.21. The molecule has 0 fully saturated rings. The molecule has 5 heteroatoms. The van der Waals surface area contributed by atoms with E-state index in [9.17, 15) is 4.79 Å². The summed E-state index contributed by atoms with van der Waals surface area (Å²) in [5.41, 5.74) is 1.05. The van der Waals surface area contributed by atoms with Gasteiger partial charge in [0.25, 0.3) is 0 Å². The van der Waals surface area contributed by atoms with Gasteiger partial charge < -0.3 is 9.84 Å². The number of aromatic carboxylic acids is 1. The highest BCUT2D eigenvalue weighted by atomic mass is 16.5. The average molecular weight is 244 g/mol. The zero-order valence-corrected chi connectivity index (χ0v) is 9.83. The monoisotopic (exact) mass is 244 g/mol. The normalized spacial score (nSPS) is 10.1. The van der Waals surface area contributed by atoms with E-state index in [-0.39, 0.29) is 5.56 Å². The first kappa shape index (κ1) is 12.0. The van der Waals surface area contributed by atoms with Gasteiger partial charge in [-0.25, -0.2) is 14.8 Å². The highest BCUT2D eigenvalue weighted by Gasteiger charge is 2.05. The topological polar surface area (TPSA) is 72.3 Å². The SMILES string of the molecule is CCc1cc(Oc2cccc(C(=O)O)c2)ncn1. The number of rotatable bonds is 4. The van der Waals surface area contributed by atoms with Gasteiger partial charge in [-0.2, -0.15) is 0 Å². The zero-order chi connectivity index (χ0) is 13.0. The molecule has 1 aromatic carbocycles. The zero-order valence-electron chi connectivity index (χ0n) is 9.83. The van der Waals surface area contributed by atoms with Crippen LogP contribution in [-0.2, 0) is 6.42 Å². The van der Waals surface area contributed by atoms with Crippen LogP contribution in [0.15, 0.2) is 36.7 Å². The first-order valence-corrected chi connectivity index (χ1v) is 5.51. The number of aryl methyl sites for hydroxylation is 1.